The van der Waals surface area contributed by atoms with E-state index in [1.807, 2.05) is 19.9 Å². The molecule has 1 aromatic carbocycles. The Balaban J connectivity index is 2.36. The van der Waals surface area contributed by atoms with Gasteiger partial charge < -0.3 is 10.1 Å². The maximum atomic E-state index is 12.0. The molecule has 0 spiro atoms. The summed E-state index contributed by atoms with van der Waals surface area (Å²) < 4.78 is 31.9. The third kappa shape index (κ3) is 2.75. The van der Waals surface area contributed by atoms with E-state index in [1.165, 1.54) is 7.05 Å². The van der Waals surface area contributed by atoms with E-state index in [9.17, 15) is 8.42 Å². The second kappa shape index (κ2) is 5.11. The Bertz CT molecular complexity index is 559. The number of anilines is 1. The largest absolute Gasteiger partial charge is 0.376 e. The van der Waals surface area contributed by atoms with Crippen LogP contribution < -0.4 is 10.0 Å². The standard InChI is InChI=1S/C13H20N2O3S/c1-10-13(2,8-9-18-10)15-11-6-4-5-7-12(11)19(16,17)14-3/h4-7,10,14-15H,8-9H2,1-3H3. The molecule has 6 heteroatoms. The molecule has 2 N–H and O–H groups in total. The van der Waals surface area contributed by atoms with Crippen molar-refractivity contribution in [3.8, 4) is 0 Å². The van der Waals surface area contributed by atoms with Gasteiger partial charge in [-0.3, -0.25) is 0 Å². The van der Waals surface area contributed by atoms with Crippen molar-refractivity contribution in [1.82, 2.24) is 4.72 Å². The Morgan fingerprint density at radius 3 is 2.63 bits per heavy atom. The molecule has 0 bridgehead atoms. The highest BCUT2D eigenvalue weighted by Crippen LogP contribution is 2.32. The maximum Gasteiger partial charge on any atom is 0.242 e. The van der Waals surface area contributed by atoms with Crippen LogP contribution in [0.5, 0.6) is 0 Å². The highest BCUT2D eigenvalue weighted by molar-refractivity contribution is 7.89. The molecule has 0 amide bonds. The van der Waals surface area contributed by atoms with E-state index in [0.29, 0.717) is 12.3 Å². The molecule has 0 radical (unpaired) electrons. The Morgan fingerprint density at radius 2 is 2.05 bits per heavy atom. The fraction of sp³-hybridized carbons (Fsp3) is 0.538. The first-order chi connectivity index (χ1) is 8.89. The predicted octanol–water partition coefficient (Wildman–Crippen LogP) is 1.57. The van der Waals surface area contributed by atoms with Gasteiger partial charge in [0.15, 0.2) is 0 Å². The van der Waals surface area contributed by atoms with Gasteiger partial charge >= 0.3 is 0 Å². The average molecular weight is 284 g/mol. The summed E-state index contributed by atoms with van der Waals surface area (Å²) in [6.45, 7) is 4.73. The van der Waals surface area contributed by atoms with Gasteiger partial charge in [-0.1, -0.05) is 12.1 Å². The zero-order valence-electron chi connectivity index (χ0n) is 11.4. The maximum absolute atomic E-state index is 12.0. The quantitative estimate of drug-likeness (QED) is 0.881. The lowest BCUT2D eigenvalue weighted by Crippen LogP contribution is -2.41. The molecular formula is C13H20N2O3S. The van der Waals surface area contributed by atoms with Crippen LogP contribution in [-0.2, 0) is 14.8 Å². The molecule has 0 aromatic heterocycles. The number of nitrogens with one attached hydrogen (secondary N) is 2. The van der Waals surface area contributed by atoms with Gasteiger partial charge in [0.2, 0.25) is 10.0 Å². The Kier molecular flexibility index (Phi) is 3.85. The van der Waals surface area contributed by atoms with Gasteiger partial charge in [-0.25, -0.2) is 13.1 Å². The Hall–Kier alpha value is -1.11. The van der Waals surface area contributed by atoms with Crippen molar-refractivity contribution in [1.29, 1.82) is 0 Å². The molecule has 2 rings (SSSR count). The van der Waals surface area contributed by atoms with Crippen LogP contribution in [0.4, 0.5) is 5.69 Å². The average Bonchev–Trinajstić information content (AvgIpc) is 2.70. The molecule has 1 aliphatic heterocycles. The second-order valence-electron chi connectivity index (χ2n) is 5.01. The molecule has 1 heterocycles. The summed E-state index contributed by atoms with van der Waals surface area (Å²) in [5, 5.41) is 3.33. The third-order valence-corrected chi connectivity index (χ3v) is 5.22. The fourth-order valence-corrected chi connectivity index (χ4v) is 3.11. The van der Waals surface area contributed by atoms with Crippen LogP contribution in [-0.4, -0.2) is 33.7 Å². The molecule has 2 atom stereocenters. The van der Waals surface area contributed by atoms with Crippen molar-refractivity contribution in [2.24, 2.45) is 0 Å². The van der Waals surface area contributed by atoms with E-state index >= 15 is 0 Å². The molecule has 1 fully saturated rings. The van der Waals surface area contributed by atoms with Crippen LogP contribution in [0.2, 0.25) is 0 Å². The van der Waals surface area contributed by atoms with Crippen molar-refractivity contribution in [3.05, 3.63) is 24.3 Å². The monoisotopic (exact) mass is 284 g/mol. The highest BCUT2D eigenvalue weighted by atomic mass is 32.2. The van der Waals surface area contributed by atoms with Crippen molar-refractivity contribution in [3.63, 3.8) is 0 Å². The number of hydrogen-bond donors (Lipinski definition) is 2. The van der Waals surface area contributed by atoms with Crippen LogP contribution in [0.3, 0.4) is 0 Å². The molecule has 106 valence electrons. The van der Waals surface area contributed by atoms with Crippen molar-refractivity contribution < 1.29 is 13.2 Å². The molecule has 1 saturated heterocycles. The van der Waals surface area contributed by atoms with Gasteiger partial charge in [0, 0.05) is 6.61 Å². The van der Waals surface area contributed by atoms with Crippen LogP contribution in [0.25, 0.3) is 0 Å². The van der Waals surface area contributed by atoms with Gasteiger partial charge in [0.1, 0.15) is 4.90 Å². The van der Waals surface area contributed by atoms with Gasteiger partial charge in [0.25, 0.3) is 0 Å². The summed E-state index contributed by atoms with van der Waals surface area (Å²) in [4.78, 5) is 0.262. The number of benzene rings is 1. The van der Waals surface area contributed by atoms with Gasteiger partial charge in [0.05, 0.1) is 17.3 Å². The molecular weight excluding hydrogens is 264 g/mol. The van der Waals surface area contributed by atoms with E-state index in [0.717, 1.165) is 6.42 Å². The molecule has 1 aromatic rings. The summed E-state index contributed by atoms with van der Waals surface area (Å²) in [6.07, 6.45) is 0.889. The minimum absolute atomic E-state index is 0.0397. The normalized spacial score (nSPS) is 27.4. The van der Waals surface area contributed by atoms with E-state index in [2.05, 4.69) is 10.0 Å². The summed E-state index contributed by atoms with van der Waals surface area (Å²) in [7, 11) is -2.06. The molecule has 19 heavy (non-hydrogen) atoms. The predicted molar refractivity (Wildman–Crippen MR) is 74.7 cm³/mol. The van der Waals surface area contributed by atoms with Crippen LogP contribution in [0, 0.1) is 0 Å². The molecule has 5 nitrogen and oxygen atoms in total. The SMILES string of the molecule is CNS(=O)(=O)c1ccccc1NC1(C)CCOC1C. The summed E-state index contributed by atoms with van der Waals surface area (Å²) in [5.41, 5.74) is 0.357. The fourth-order valence-electron chi connectivity index (χ4n) is 2.22. The zero-order valence-corrected chi connectivity index (χ0v) is 12.3. The lowest BCUT2D eigenvalue weighted by Gasteiger charge is -2.31. The highest BCUT2D eigenvalue weighted by Gasteiger charge is 2.37. The summed E-state index contributed by atoms with van der Waals surface area (Å²) >= 11 is 0. The number of sulfonamides is 1. The Labute approximate surface area is 114 Å². The smallest absolute Gasteiger partial charge is 0.242 e. The van der Waals surface area contributed by atoms with Gasteiger partial charge in [-0.15, -0.1) is 0 Å². The molecule has 2 unspecified atom stereocenters. The van der Waals surface area contributed by atoms with E-state index in [-0.39, 0.29) is 16.5 Å². The van der Waals surface area contributed by atoms with Crippen LogP contribution in [0.15, 0.2) is 29.2 Å². The molecule has 0 saturated carbocycles. The molecule has 1 aliphatic rings. The molecule has 0 aliphatic carbocycles. The van der Waals surface area contributed by atoms with Crippen LogP contribution in [0.1, 0.15) is 20.3 Å². The van der Waals surface area contributed by atoms with Crippen molar-refractivity contribution in [2.75, 3.05) is 19.0 Å². The zero-order chi connectivity index (χ0) is 14.1. The first-order valence-corrected chi connectivity index (χ1v) is 7.80. The minimum Gasteiger partial charge on any atom is -0.376 e. The minimum atomic E-state index is -3.47. The van der Waals surface area contributed by atoms with Gasteiger partial charge in [-0.05, 0) is 39.4 Å². The van der Waals surface area contributed by atoms with Crippen molar-refractivity contribution >= 4 is 15.7 Å². The van der Waals surface area contributed by atoms with E-state index in [4.69, 9.17) is 4.74 Å². The number of hydrogen-bond acceptors (Lipinski definition) is 4. The topological polar surface area (TPSA) is 67.4 Å². The lowest BCUT2D eigenvalue weighted by atomic mass is 9.94. The number of rotatable bonds is 4. The second-order valence-corrected chi connectivity index (χ2v) is 6.86. The third-order valence-electron chi connectivity index (χ3n) is 3.75. The van der Waals surface area contributed by atoms with E-state index in [1.54, 1.807) is 18.2 Å². The summed E-state index contributed by atoms with van der Waals surface area (Å²) in [5.74, 6) is 0. The van der Waals surface area contributed by atoms with Crippen LogP contribution >= 0.6 is 0 Å². The Morgan fingerprint density at radius 1 is 1.37 bits per heavy atom. The van der Waals surface area contributed by atoms with Crippen molar-refractivity contribution in [2.45, 2.75) is 36.8 Å². The van der Waals surface area contributed by atoms with Gasteiger partial charge in [-0.2, -0.15) is 0 Å². The summed E-state index contributed by atoms with van der Waals surface area (Å²) in [6, 6.07) is 6.91. The lowest BCUT2D eigenvalue weighted by molar-refractivity contribution is 0.105. The van der Waals surface area contributed by atoms with E-state index < -0.39 is 10.0 Å². The number of para-hydroxylation sites is 1. The first kappa shape index (κ1) is 14.3. The number of ether oxygens (including phenoxy) is 1. The first-order valence-electron chi connectivity index (χ1n) is 6.31.